The van der Waals surface area contributed by atoms with E-state index < -0.39 is 12.1 Å². The first-order chi connectivity index (χ1) is 18.5. The second-order valence-corrected chi connectivity index (χ2v) is 8.49. The molecule has 192 valence electrons. The van der Waals surface area contributed by atoms with Gasteiger partial charge in [0.05, 0.1) is 12.1 Å². The molecule has 0 saturated carbocycles. The highest BCUT2D eigenvalue weighted by Crippen LogP contribution is 2.31. The van der Waals surface area contributed by atoms with E-state index in [9.17, 15) is 14.7 Å². The molecule has 0 bridgehead atoms. The summed E-state index contributed by atoms with van der Waals surface area (Å²) in [6.07, 6.45) is -0.960. The van der Waals surface area contributed by atoms with E-state index in [1.165, 1.54) is 0 Å². The highest BCUT2D eigenvalue weighted by Gasteiger charge is 2.19. The van der Waals surface area contributed by atoms with Crippen LogP contribution in [0.3, 0.4) is 0 Å². The van der Waals surface area contributed by atoms with E-state index in [1.54, 1.807) is 60.7 Å². The van der Waals surface area contributed by atoms with Crippen molar-refractivity contribution in [3.63, 3.8) is 0 Å². The summed E-state index contributed by atoms with van der Waals surface area (Å²) < 4.78 is 6.07. The van der Waals surface area contributed by atoms with Crippen LogP contribution in [0.5, 0.6) is 5.75 Å². The fourth-order valence-corrected chi connectivity index (χ4v) is 3.79. The van der Waals surface area contributed by atoms with Crippen LogP contribution in [0.15, 0.2) is 109 Å². The van der Waals surface area contributed by atoms with Gasteiger partial charge in [0, 0.05) is 17.8 Å². The zero-order valence-electron chi connectivity index (χ0n) is 20.6. The highest BCUT2D eigenvalue weighted by molar-refractivity contribution is 6.06. The number of benzene rings is 4. The normalized spacial score (nSPS) is 11.2. The highest BCUT2D eigenvalue weighted by atomic mass is 16.5. The van der Waals surface area contributed by atoms with Gasteiger partial charge in [-0.2, -0.15) is 0 Å². The van der Waals surface area contributed by atoms with Gasteiger partial charge in [-0.25, -0.2) is 0 Å². The molecule has 4 aromatic rings. The molecule has 0 radical (unpaired) electrons. The largest absolute Gasteiger partial charge is 0.483 e. The Kier molecular flexibility index (Phi) is 8.70. The summed E-state index contributed by atoms with van der Waals surface area (Å²) in [5.74, 6) is -0.899. The van der Waals surface area contributed by atoms with Crippen molar-refractivity contribution in [1.82, 2.24) is 5.32 Å². The molecule has 0 saturated heterocycles. The molecule has 4 aromatic carbocycles. The molecule has 5 N–H and O–H groups in total. The van der Waals surface area contributed by atoms with Crippen molar-refractivity contribution in [3.8, 4) is 5.75 Å². The number of carbonyl (C=O) groups excluding carboxylic acids is 1. The third kappa shape index (κ3) is 7.44. The summed E-state index contributed by atoms with van der Waals surface area (Å²) in [4.78, 5) is 24.6. The van der Waals surface area contributed by atoms with Crippen molar-refractivity contribution in [1.29, 1.82) is 5.41 Å². The van der Waals surface area contributed by atoms with Gasteiger partial charge in [0.2, 0.25) is 0 Å². The van der Waals surface area contributed by atoms with Crippen LogP contribution < -0.4 is 20.7 Å². The first kappa shape index (κ1) is 26.0. The molecule has 0 aromatic heterocycles. The summed E-state index contributed by atoms with van der Waals surface area (Å²) in [5.41, 5.74) is 3.15. The van der Waals surface area contributed by atoms with Gasteiger partial charge in [-0.1, -0.05) is 78.9 Å². The average Bonchev–Trinajstić information content (AvgIpc) is 2.93. The Morgan fingerprint density at radius 1 is 0.816 bits per heavy atom. The molecule has 0 spiro atoms. The van der Waals surface area contributed by atoms with Crippen LogP contribution in [0, 0.1) is 5.41 Å². The zero-order valence-corrected chi connectivity index (χ0v) is 20.6. The van der Waals surface area contributed by atoms with Crippen LogP contribution in [0.4, 0.5) is 11.4 Å². The second kappa shape index (κ2) is 12.7. The smallest absolute Gasteiger partial charge is 0.307 e. The van der Waals surface area contributed by atoms with Crippen LogP contribution in [0.1, 0.15) is 34.0 Å². The standard InChI is InChI=1S/C30H28N4O4/c31-30(32-20-21-10-3-1-4-11-21)33-24-15-9-14-23(18-24)29(37)34-25-16-7-8-17-26(25)38-27(19-28(35)36)22-12-5-2-6-13-22/h1-18,27H,19-20H2,(H,34,37)(H,35,36)(H3,31,32,33). The maximum atomic E-state index is 13.1. The Hall–Kier alpha value is -5.11. The van der Waals surface area contributed by atoms with E-state index in [-0.39, 0.29) is 18.3 Å². The molecular weight excluding hydrogens is 480 g/mol. The lowest BCUT2D eigenvalue weighted by Gasteiger charge is -2.20. The van der Waals surface area contributed by atoms with E-state index in [4.69, 9.17) is 10.1 Å². The van der Waals surface area contributed by atoms with Crippen molar-refractivity contribution in [3.05, 3.63) is 126 Å². The Labute approximate surface area is 220 Å². The van der Waals surface area contributed by atoms with Crippen molar-refractivity contribution in [2.45, 2.75) is 19.1 Å². The number of hydrogen-bond acceptors (Lipinski definition) is 4. The molecule has 1 atom stereocenters. The maximum Gasteiger partial charge on any atom is 0.307 e. The molecule has 8 heteroatoms. The summed E-state index contributed by atoms with van der Waals surface area (Å²) in [5, 5.41) is 26.4. The lowest BCUT2D eigenvalue weighted by Crippen LogP contribution is -2.29. The van der Waals surface area contributed by atoms with Gasteiger partial charge in [-0.05, 0) is 41.5 Å². The number of ether oxygens (including phenoxy) is 1. The van der Waals surface area contributed by atoms with Crippen LogP contribution in [-0.4, -0.2) is 22.9 Å². The van der Waals surface area contributed by atoms with Gasteiger partial charge in [-0.3, -0.25) is 15.0 Å². The van der Waals surface area contributed by atoms with Crippen molar-refractivity contribution in [2.75, 3.05) is 10.6 Å². The van der Waals surface area contributed by atoms with Crippen molar-refractivity contribution < 1.29 is 19.4 Å². The van der Waals surface area contributed by atoms with Crippen LogP contribution in [0.2, 0.25) is 0 Å². The zero-order chi connectivity index (χ0) is 26.7. The monoisotopic (exact) mass is 508 g/mol. The number of carbonyl (C=O) groups is 2. The Morgan fingerprint density at radius 3 is 2.24 bits per heavy atom. The van der Waals surface area contributed by atoms with Gasteiger partial charge >= 0.3 is 5.97 Å². The number of carboxylic acid groups (broad SMARTS) is 1. The molecule has 4 rings (SSSR count). The molecule has 38 heavy (non-hydrogen) atoms. The number of nitrogens with one attached hydrogen (secondary N) is 4. The van der Waals surface area contributed by atoms with Gasteiger partial charge in [0.25, 0.3) is 5.91 Å². The molecule has 0 aliphatic carbocycles. The Balaban J connectivity index is 1.43. The third-order valence-electron chi connectivity index (χ3n) is 5.64. The van der Waals surface area contributed by atoms with E-state index in [0.717, 1.165) is 11.1 Å². The number of aliphatic carboxylic acids is 1. The van der Waals surface area contributed by atoms with E-state index in [2.05, 4.69) is 16.0 Å². The predicted molar refractivity (Wildman–Crippen MR) is 148 cm³/mol. The first-order valence-electron chi connectivity index (χ1n) is 12.0. The van der Waals surface area contributed by atoms with Crippen LogP contribution in [0.25, 0.3) is 0 Å². The number of guanidine groups is 1. The SMILES string of the molecule is N=C(NCc1ccccc1)Nc1cccc(C(=O)Nc2ccccc2OC(CC(=O)O)c2ccccc2)c1. The molecule has 1 amide bonds. The van der Waals surface area contributed by atoms with Crippen LogP contribution >= 0.6 is 0 Å². The maximum absolute atomic E-state index is 13.1. The third-order valence-corrected chi connectivity index (χ3v) is 5.64. The molecule has 0 aliphatic rings. The molecule has 0 fully saturated rings. The number of hydrogen-bond donors (Lipinski definition) is 5. The van der Waals surface area contributed by atoms with E-state index in [1.807, 2.05) is 48.5 Å². The minimum absolute atomic E-state index is 0.107. The topological polar surface area (TPSA) is 124 Å². The summed E-state index contributed by atoms with van der Waals surface area (Å²) in [7, 11) is 0. The molecule has 0 aliphatic heterocycles. The van der Waals surface area contributed by atoms with Gasteiger partial charge in [0.15, 0.2) is 5.96 Å². The summed E-state index contributed by atoms with van der Waals surface area (Å²) in [6, 6.07) is 32.5. The summed E-state index contributed by atoms with van der Waals surface area (Å²) >= 11 is 0. The number of anilines is 2. The molecular formula is C30H28N4O4. The lowest BCUT2D eigenvalue weighted by atomic mass is 10.1. The first-order valence-corrected chi connectivity index (χ1v) is 12.0. The van der Waals surface area contributed by atoms with Crippen molar-refractivity contribution >= 4 is 29.2 Å². The molecule has 0 heterocycles. The van der Waals surface area contributed by atoms with E-state index >= 15 is 0 Å². The fraction of sp³-hybridized carbons (Fsp3) is 0.100. The molecule has 1 unspecified atom stereocenters. The number of para-hydroxylation sites is 2. The number of rotatable bonds is 10. The minimum atomic E-state index is -0.992. The lowest BCUT2D eigenvalue weighted by molar-refractivity contribution is -0.138. The minimum Gasteiger partial charge on any atom is -0.483 e. The van der Waals surface area contributed by atoms with Crippen molar-refractivity contribution in [2.24, 2.45) is 0 Å². The number of carboxylic acids is 1. The van der Waals surface area contributed by atoms with Crippen LogP contribution in [-0.2, 0) is 11.3 Å². The Bertz CT molecular complexity index is 1390. The Morgan fingerprint density at radius 2 is 1.50 bits per heavy atom. The predicted octanol–water partition coefficient (Wildman–Crippen LogP) is 5.67. The summed E-state index contributed by atoms with van der Waals surface area (Å²) in [6.45, 7) is 0.496. The van der Waals surface area contributed by atoms with Gasteiger partial charge < -0.3 is 25.8 Å². The van der Waals surface area contributed by atoms with Gasteiger partial charge in [-0.15, -0.1) is 0 Å². The fourth-order valence-electron chi connectivity index (χ4n) is 3.79. The average molecular weight is 509 g/mol. The quantitative estimate of drug-likeness (QED) is 0.139. The second-order valence-electron chi connectivity index (χ2n) is 8.49. The number of amides is 1. The van der Waals surface area contributed by atoms with Gasteiger partial charge in [0.1, 0.15) is 11.9 Å². The molecule has 8 nitrogen and oxygen atoms in total. The van der Waals surface area contributed by atoms with E-state index in [0.29, 0.717) is 29.2 Å².